The number of nitro groups is 1. The minimum absolute atomic E-state index is 0.0434. The molecule has 1 N–H and O–H groups in total. The Morgan fingerprint density at radius 2 is 1.89 bits per heavy atom. The van der Waals surface area contributed by atoms with Crippen LogP contribution in [0.3, 0.4) is 0 Å². The average molecular weight is 396 g/mol. The van der Waals surface area contributed by atoms with Gasteiger partial charge in [0, 0.05) is 24.7 Å². The van der Waals surface area contributed by atoms with E-state index in [0.717, 1.165) is 6.07 Å². The van der Waals surface area contributed by atoms with Gasteiger partial charge in [0.05, 0.1) is 4.92 Å². The molecule has 0 bridgehead atoms. The predicted octanol–water partition coefficient (Wildman–Crippen LogP) is 1.72. The van der Waals surface area contributed by atoms with Crippen molar-refractivity contribution in [2.45, 2.75) is 0 Å². The normalized spacial score (nSPS) is 9.81. The molecule has 0 fully saturated rings. The molecular formula is C17H18ClN3O6. The molecule has 1 rings (SSSR count). The molecule has 10 heteroatoms. The molecule has 0 heterocycles. The summed E-state index contributed by atoms with van der Waals surface area (Å²) < 4.78 is 4.80. The largest absolute Gasteiger partial charge is 0.454 e. The Morgan fingerprint density at radius 1 is 1.26 bits per heavy atom. The fourth-order valence-electron chi connectivity index (χ4n) is 1.92. The molecule has 9 nitrogen and oxygen atoms in total. The lowest BCUT2D eigenvalue weighted by Crippen LogP contribution is -2.37. The topological polar surface area (TPSA) is 119 Å². The second kappa shape index (κ2) is 10.7. The number of ether oxygens (including phenoxy) is 1. The number of esters is 1. The van der Waals surface area contributed by atoms with Gasteiger partial charge < -0.3 is 15.0 Å². The van der Waals surface area contributed by atoms with Crippen LogP contribution in [-0.2, 0) is 14.3 Å². The molecule has 144 valence electrons. The van der Waals surface area contributed by atoms with Crippen molar-refractivity contribution in [3.63, 3.8) is 0 Å². The van der Waals surface area contributed by atoms with Gasteiger partial charge in [-0.05, 0) is 12.1 Å². The Bertz CT molecular complexity index is 755. The number of rotatable bonds is 10. The van der Waals surface area contributed by atoms with Crippen LogP contribution < -0.4 is 5.32 Å². The van der Waals surface area contributed by atoms with E-state index in [1.165, 1.54) is 29.2 Å². The minimum atomic E-state index is -0.836. The van der Waals surface area contributed by atoms with Gasteiger partial charge in [0.15, 0.2) is 6.61 Å². The van der Waals surface area contributed by atoms with Crippen molar-refractivity contribution < 1.29 is 24.0 Å². The van der Waals surface area contributed by atoms with Crippen molar-refractivity contribution in [2.24, 2.45) is 0 Å². The van der Waals surface area contributed by atoms with Crippen molar-refractivity contribution in [1.82, 2.24) is 10.2 Å². The van der Waals surface area contributed by atoms with Gasteiger partial charge in [0.1, 0.15) is 11.6 Å². The number of carbonyl (C=O) groups is 3. The molecule has 0 aliphatic rings. The monoisotopic (exact) mass is 395 g/mol. The van der Waals surface area contributed by atoms with Crippen LogP contribution in [0.5, 0.6) is 0 Å². The van der Waals surface area contributed by atoms with Crippen molar-refractivity contribution in [2.75, 3.05) is 26.2 Å². The second-order valence-corrected chi connectivity index (χ2v) is 5.55. The minimum Gasteiger partial charge on any atom is -0.454 e. The molecule has 1 aromatic carbocycles. The first kappa shape index (κ1) is 21.8. The summed E-state index contributed by atoms with van der Waals surface area (Å²) in [6, 6.07) is 3.48. The Hall–Kier alpha value is -3.20. The Kier molecular flexibility index (Phi) is 8.67. The molecule has 0 radical (unpaired) electrons. The number of benzene rings is 1. The number of carbonyl (C=O) groups excluding carboxylic acids is 3. The number of hydrogen-bond donors (Lipinski definition) is 1. The van der Waals surface area contributed by atoms with E-state index >= 15 is 0 Å². The van der Waals surface area contributed by atoms with E-state index in [0.29, 0.717) is 0 Å². The first-order valence-electron chi connectivity index (χ1n) is 7.67. The highest BCUT2D eigenvalue weighted by Gasteiger charge is 2.18. The van der Waals surface area contributed by atoms with E-state index in [-0.39, 0.29) is 23.7 Å². The van der Waals surface area contributed by atoms with Crippen molar-refractivity contribution in [3.8, 4) is 0 Å². The zero-order valence-corrected chi connectivity index (χ0v) is 15.1. The predicted molar refractivity (Wildman–Crippen MR) is 98.4 cm³/mol. The van der Waals surface area contributed by atoms with Gasteiger partial charge in [-0.2, -0.15) is 0 Å². The Labute approximate surface area is 160 Å². The van der Waals surface area contributed by atoms with Gasteiger partial charge in [0.25, 0.3) is 17.5 Å². The molecule has 0 aromatic heterocycles. The maximum atomic E-state index is 12.0. The lowest BCUT2D eigenvalue weighted by molar-refractivity contribution is -0.384. The fraction of sp³-hybridized carbons (Fsp3) is 0.235. The molecule has 0 aliphatic heterocycles. The molecule has 0 saturated carbocycles. The fourth-order valence-corrected chi connectivity index (χ4v) is 2.11. The summed E-state index contributed by atoms with van der Waals surface area (Å²) in [7, 11) is 0. The molecule has 0 aliphatic carbocycles. The molecule has 0 spiro atoms. The number of nitrogens with one attached hydrogen (secondary N) is 1. The molecule has 0 saturated heterocycles. The van der Waals surface area contributed by atoms with E-state index in [4.69, 9.17) is 16.3 Å². The Morgan fingerprint density at radius 3 is 2.44 bits per heavy atom. The summed E-state index contributed by atoms with van der Waals surface area (Å²) in [5.41, 5.74) is -0.472. The maximum absolute atomic E-state index is 12.0. The number of nitrogens with zero attached hydrogens (tertiary/aromatic N) is 2. The summed E-state index contributed by atoms with van der Waals surface area (Å²) in [5, 5.41) is 13.0. The SMILES string of the molecule is C=CCN(CC=C)C(=O)COC(=O)CNC(=O)c1ccc(Cl)c([N+](=O)[O-])c1. The number of nitro benzene ring substituents is 1. The van der Waals surface area contributed by atoms with Gasteiger partial charge in [-0.15, -0.1) is 13.2 Å². The van der Waals surface area contributed by atoms with Crippen LogP contribution in [0.2, 0.25) is 5.02 Å². The third-order valence-corrected chi connectivity index (χ3v) is 3.53. The van der Waals surface area contributed by atoms with E-state index in [1.807, 2.05) is 0 Å². The number of amides is 2. The summed E-state index contributed by atoms with van der Waals surface area (Å²) in [6.45, 7) is 6.59. The van der Waals surface area contributed by atoms with Crippen LogP contribution in [0, 0.1) is 10.1 Å². The standard InChI is InChI=1S/C17H18ClN3O6/c1-3-7-20(8-4-2)15(22)11-27-16(23)10-19-17(24)12-5-6-13(18)14(9-12)21(25)26/h3-6,9H,1-2,7-8,10-11H2,(H,19,24). The van der Waals surface area contributed by atoms with Crippen molar-refractivity contribution in [1.29, 1.82) is 0 Å². The number of halogens is 1. The van der Waals surface area contributed by atoms with Crippen LogP contribution in [0.4, 0.5) is 5.69 Å². The van der Waals surface area contributed by atoms with Crippen LogP contribution in [0.25, 0.3) is 0 Å². The molecule has 1 aromatic rings. The van der Waals surface area contributed by atoms with Crippen molar-refractivity contribution in [3.05, 3.63) is 64.2 Å². The third kappa shape index (κ3) is 6.90. The van der Waals surface area contributed by atoms with Gasteiger partial charge in [0.2, 0.25) is 0 Å². The lowest BCUT2D eigenvalue weighted by Gasteiger charge is -2.18. The Balaban J connectivity index is 2.54. The highest BCUT2D eigenvalue weighted by atomic mass is 35.5. The molecule has 0 unspecified atom stereocenters. The summed E-state index contributed by atoms with van der Waals surface area (Å²) in [5.74, 6) is -2.00. The first-order valence-corrected chi connectivity index (χ1v) is 8.05. The highest BCUT2D eigenvalue weighted by molar-refractivity contribution is 6.32. The second-order valence-electron chi connectivity index (χ2n) is 5.14. The zero-order valence-electron chi connectivity index (χ0n) is 14.4. The molecular weight excluding hydrogens is 378 g/mol. The van der Waals surface area contributed by atoms with Gasteiger partial charge in [-0.25, -0.2) is 0 Å². The highest BCUT2D eigenvalue weighted by Crippen LogP contribution is 2.24. The van der Waals surface area contributed by atoms with Crippen LogP contribution in [-0.4, -0.2) is 53.8 Å². The average Bonchev–Trinajstić information content (AvgIpc) is 2.64. The first-order chi connectivity index (χ1) is 12.8. The molecule has 0 atom stereocenters. The summed E-state index contributed by atoms with van der Waals surface area (Å²) >= 11 is 5.67. The van der Waals surface area contributed by atoms with Crippen molar-refractivity contribution >= 4 is 35.1 Å². The van der Waals surface area contributed by atoms with Gasteiger partial charge in [-0.1, -0.05) is 23.8 Å². The summed E-state index contributed by atoms with van der Waals surface area (Å²) in [6.07, 6.45) is 3.05. The van der Waals surface area contributed by atoms with E-state index in [1.54, 1.807) is 0 Å². The van der Waals surface area contributed by atoms with E-state index < -0.39 is 41.5 Å². The van der Waals surface area contributed by atoms with E-state index in [9.17, 15) is 24.5 Å². The number of hydrogen-bond acceptors (Lipinski definition) is 6. The van der Waals surface area contributed by atoms with Crippen LogP contribution in [0.1, 0.15) is 10.4 Å². The zero-order chi connectivity index (χ0) is 20.4. The maximum Gasteiger partial charge on any atom is 0.325 e. The van der Waals surface area contributed by atoms with E-state index in [2.05, 4.69) is 18.5 Å². The third-order valence-electron chi connectivity index (χ3n) is 3.21. The molecule has 2 amide bonds. The van der Waals surface area contributed by atoms with Crippen LogP contribution >= 0.6 is 11.6 Å². The van der Waals surface area contributed by atoms with Crippen LogP contribution in [0.15, 0.2) is 43.5 Å². The quantitative estimate of drug-likeness (QED) is 0.279. The summed E-state index contributed by atoms with van der Waals surface area (Å²) in [4.78, 5) is 47.0. The van der Waals surface area contributed by atoms with Gasteiger partial charge in [-0.3, -0.25) is 24.5 Å². The molecule has 27 heavy (non-hydrogen) atoms. The lowest BCUT2D eigenvalue weighted by atomic mass is 10.2. The smallest absolute Gasteiger partial charge is 0.325 e. The van der Waals surface area contributed by atoms with Gasteiger partial charge >= 0.3 is 5.97 Å².